The van der Waals surface area contributed by atoms with E-state index in [0.29, 0.717) is 30.1 Å². The van der Waals surface area contributed by atoms with Crippen molar-refractivity contribution in [2.75, 3.05) is 30.3 Å². The number of carboxylic acids is 1. The van der Waals surface area contributed by atoms with Crippen LogP contribution in [-0.4, -0.2) is 53.1 Å². The van der Waals surface area contributed by atoms with Crippen molar-refractivity contribution in [2.45, 2.75) is 12.5 Å². The molecule has 2 aromatic rings. The lowest BCUT2D eigenvalue weighted by Gasteiger charge is -2.27. The third kappa shape index (κ3) is 3.00. The standard InChI is InChI=1S/C19H18N2O7/c22-15-10(18(24)25)1-3-13-12(15)7-9(8-21-13)28-19(26)11-2-4-14-17(16(11)23)27-6-5-20-14/h1-4,9,20-23H,5-8H2,(H,24,25). The monoisotopic (exact) mass is 386 g/mol. The highest BCUT2D eigenvalue weighted by Crippen LogP contribution is 2.40. The second kappa shape index (κ2) is 6.84. The van der Waals surface area contributed by atoms with Crippen molar-refractivity contribution in [3.8, 4) is 17.2 Å². The van der Waals surface area contributed by atoms with Crippen LogP contribution in [0.5, 0.6) is 17.2 Å². The fourth-order valence-corrected chi connectivity index (χ4v) is 3.36. The highest BCUT2D eigenvalue weighted by atomic mass is 16.5. The molecule has 5 N–H and O–H groups in total. The number of aromatic hydroxyl groups is 2. The first kappa shape index (κ1) is 17.8. The molecule has 0 spiro atoms. The van der Waals surface area contributed by atoms with E-state index >= 15 is 0 Å². The lowest BCUT2D eigenvalue weighted by atomic mass is 9.97. The molecular formula is C19H18N2O7. The number of anilines is 2. The smallest absolute Gasteiger partial charge is 0.342 e. The normalized spacial score (nSPS) is 17.2. The molecule has 0 aliphatic carbocycles. The topological polar surface area (TPSA) is 137 Å². The minimum Gasteiger partial charge on any atom is -0.507 e. The van der Waals surface area contributed by atoms with Gasteiger partial charge >= 0.3 is 11.9 Å². The van der Waals surface area contributed by atoms with Crippen LogP contribution in [0.15, 0.2) is 24.3 Å². The molecule has 28 heavy (non-hydrogen) atoms. The number of phenols is 2. The van der Waals surface area contributed by atoms with E-state index in [1.54, 1.807) is 12.1 Å². The molecule has 0 bridgehead atoms. The van der Waals surface area contributed by atoms with Crippen LogP contribution in [0.4, 0.5) is 11.4 Å². The number of rotatable bonds is 3. The van der Waals surface area contributed by atoms with Crippen LogP contribution in [0.2, 0.25) is 0 Å². The lowest BCUT2D eigenvalue weighted by Crippen LogP contribution is -2.32. The van der Waals surface area contributed by atoms with E-state index in [1.807, 2.05) is 0 Å². The third-order valence-electron chi connectivity index (χ3n) is 4.75. The van der Waals surface area contributed by atoms with Gasteiger partial charge < -0.3 is 35.4 Å². The molecule has 9 nitrogen and oxygen atoms in total. The van der Waals surface area contributed by atoms with E-state index in [1.165, 1.54) is 12.1 Å². The zero-order chi connectivity index (χ0) is 19.8. The van der Waals surface area contributed by atoms with Gasteiger partial charge in [-0.1, -0.05) is 0 Å². The van der Waals surface area contributed by atoms with E-state index in [9.17, 15) is 19.8 Å². The number of hydrogen-bond acceptors (Lipinski definition) is 8. The van der Waals surface area contributed by atoms with Crippen LogP contribution in [0.3, 0.4) is 0 Å². The summed E-state index contributed by atoms with van der Waals surface area (Å²) < 4.78 is 10.9. The molecular weight excluding hydrogens is 368 g/mol. The van der Waals surface area contributed by atoms with Crippen molar-refractivity contribution in [1.29, 1.82) is 0 Å². The molecule has 9 heteroatoms. The van der Waals surface area contributed by atoms with Gasteiger partial charge in [-0.2, -0.15) is 0 Å². The largest absolute Gasteiger partial charge is 0.507 e. The maximum Gasteiger partial charge on any atom is 0.342 e. The molecule has 2 aliphatic heterocycles. The van der Waals surface area contributed by atoms with E-state index < -0.39 is 18.0 Å². The average molecular weight is 386 g/mol. The summed E-state index contributed by atoms with van der Waals surface area (Å²) in [4.78, 5) is 23.7. The van der Waals surface area contributed by atoms with Gasteiger partial charge in [-0.25, -0.2) is 9.59 Å². The Morgan fingerprint density at radius 3 is 2.57 bits per heavy atom. The van der Waals surface area contributed by atoms with Crippen molar-refractivity contribution >= 4 is 23.3 Å². The Bertz CT molecular complexity index is 973. The number of carbonyl (C=O) groups is 2. The van der Waals surface area contributed by atoms with E-state index in [4.69, 9.17) is 14.6 Å². The Morgan fingerprint density at radius 2 is 1.79 bits per heavy atom. The van der Waals surface area contributed by atoms with Crippen molar-refractivity contribution in [1.82, 2.24) is 0 Å². The molecule has 0 saturated heterocycles. The van der Waals surface area contributed by atoms with Gasteiger partial charge in [0.25, 0.3) is 0 Å². The second-order valence-electron chi connectivity index (χ2n) is 6.52. The van der Waals surface area contributed by atoms with Gasteiger partial charge in [0, 0.05) is 24.2 Å². The SMILES string of the molecule is O=C(O)c1ccc2c(c1O)CC(OC(=O)c1ccc3c(c1O)OCCN3)CN2. The summed E-state index contributed by atoms with van der Waals surface area (Å²) in [5, 5.41) is 35.8. The zero-order valence-electron chi connectivity index (χ0n) is 14.7. The van der Waals surface area contributed by atoms with Gasteiger partial charge in [0.1, 0.15) is 29.6 Å². The van der Waals surface area contributed by atoms with Gasteiger partial charge in [0.15, 0.2) is 11.5 Å². The minimum absolute atomic E-state index is 0.0308. The van der Waals surface area contributed by atoms with Crippen LogP contribution in [0.25, 0.3) is 0 Å². The number of aromatic carboxylic acids is 1. The fraction of sp³-hybridized carbons (Fsp3) is 0.263. The third-order valence-corrected chi connectivity index (χ3v) is 4.75. The number of benzene rings is 2. The second-order valence-corrected chi connectivity index (χ2v) is 6.52. The summed E-state index contributed by atoms with van der Waals surface area (Å²) in [5.41, 5.74) is 1.30. The van der Waals surface area contributed by atoms with E-state index in [2.05, 4.69) is 10.6 Å². The predicted octanol–water partition coefficient (Wildman–Crippen LogP) is 1.79. The molecule has 2 heterocycles. The first-order valence-electron chi connectivity index (χ1n) is 8.71. The molecule has 0 fully saturated rings. The first-order valence-corrected chi connectivity index (χ1v) is 8.71. The highest BCUT2D eigenvalue weighted by Gasteiger charge is 2.29. The fourth-order valence-electron chi connectivity index (χ4n) is 3.36. The summed E-state index contributed by atoms with van der Waals surface area (Å²) >= 11 is 0. The summed E-state index contributed by atoms with van der Waals surface area (Å²) in [7, 11) is 0. The summed E-state index contributed by atoms with van der Waals surface area (Å²) in [6.45, 7) is 1.26. The Labute approximate surface area is 159 Å². The molecule has 1 atom stereocenters. The van der Waals surface area contributed by atoms with Crippen LogP contribution in [-0.2, 0) is 11.2 Å². The summed E-state index contributed by atoms with van der Waals surface area (Å²) in [6.07, 6.45) is -0.505. The van der Waals surface area contributed by atoms with Crippen molar-refractivity contribution in [3.63, 3.8) is 0 Å². The van der Waals surface area contributed by atoms with Crippen LogP contribution in [0, 0.1) is 0 Å². The maximum atomic E-state index is 12.5. The number of nitrogens with one attached hydrogen (secondary N) is 2. The van der Waals surface area contributed by atoms with Crippen molar-refractivity contribution < 1.29 is 34.4 Å². The Balaban J connectivity index is 1.54. The van der Waals surface area contributed by atoms with Crippen LogP contribution < -0.4 is 15.4 Å². The molecule has 1 unspecified atom stereocenters. The van der Waals surface area contributed by atoms with Gasteiger partial charge in [-0.05, 0) is 24.3 Å². The van der Waals surface area contributed by atoms with Gasteiger partial charge in [-0.3, -0.25) is 0 Å². The summed E-state index contributed by atoms with van der Waals surface area (Å²) in [5.74, 6) is -2.42. The number of carboxylic acid groups (broad SMARTS) is 1. The first-order chi connectivity index (χ1) is 13.5. The molecule has 0 radical (unpaired) electrons. The van der Waals surface area contributed by atoms with Gasteiger partial charge in [0.05, 0.1) is 12.2 Å². The molecule has 2 aromatic carbocycles. The zero-order valence-corrected chi connectivity index (χ0v) is 14.7. The number of phenolic OH excluding ortho intramolecular Hbond substituents is 1. The number of esters is 1. The molecule has 4 rings (SSSR count). The lowest BCUT2D eigenvalue weighted by molar-refractivity contribution is 0.0318. The number of hydrogen-bond donors (Lipinski definition) is 5. The van der Waals surface area contributed by atoms with Crippen molar-refractivity contribution in [2.24, 2.45) is 0 Å². The molecule has 0 aromatic heterocycles. The quantitative estimate of drug-likeness (QED) is 0.500. The Morgan fingerprint density at radius 1 is 1.04 bits per heavy atom. The highest BCUT2D eigenvalue weighted by molar-refractivity contribution is 5.95. The van der Waals surface area contributed by atoms with Crippen molar-refractivity contribution in [3.05, 3.63) is 41.0 Å². The van der Waals surface area contributed by atoms with Crippen LogP contribution in [0.1, 0.15) is 26.3 Å². The average Bonchev–Trinajstić information content (AvgIpc) is 2.69. The molecule has 2 aliphatic rings. The van der Waals surface area contributed by atoms with E-state index in [-0.39, 0.29) is 41.3 Å². The predicted molar refractivity (Wildman–Crippen MR) is 98.6 cm³/mol. The Kier molecular flexibility index (Phi) is 4.34. The van der Waals surface area contributed by atoms with Gasteiger partial charge in [-0.15, -0.1) is 0 Å². The Hall–Kier alpha value is -3.62. The van der Waals surface area contributed by atoms with E-state index in [0.717, 1.165) is 0 Å². The van der Waals surface area contributed by atoms with Gasteiger partial charge in [0.2, 0.25) is 0 Å². The van der Waals surface area contributed by atoms with Crippen LogP contribution >= 0.6 is 0 Å². The summed E-state index contributed by atoms with van der Waals surface area (Å²) in [6, 6.07) is 5.96. The number of fused-ring (bicyclic) bond motifs is 2. The molecule has 146 valence electrons. The number of ether oxygens (including phenoxy) is 2. The number of carbonyl (C=O) groups excluding carboxylic acids is 1. The molecule has 0 amide bonds. The maximum absolute atomic E-state index is 12.5. The minimum atomic E-state index is -1.24. The molecule has 0 saturated carbocycles.